The number of aromatic amines is 1. The predicted molar refractivity (Wildman–Crippen MR) is 123 cm³/mol. The molecule has 5 heteroatoms. The Labute approximate surface area is 183 Å². The van der Waals surface area contributed by atoms with Crippen LogP contribution in [0.5, 0.6) is 11.5 Å². The standard InChI is InChI=1S/C24H26N2O3.C2H6/c1-26-10-9-23-13-18-16(15-5-3-4-6-17(15)25-18)12-24(23,28)20(26)11-14-7-8-19(29-2)22(27)21(14)23;1-2/h3-8,20,25,27-28H,9-13H2,1-2H3;1-2H3. The molecule has 5 nitrogen and oxygen atoms in total. The van der Waals surface area contributed by atoms with E-state index >= 15 is 0 Å². The monoisotopic (exact) mass is 420 g/mol. The van der Waals surface area contributed by atoms with Gasteiger partial charge in [-0.3, -0.25) is 0 Å². The summed E-state index contributed by atoms with van der Waals surface area (Å²) in [5.74, 6) is 0.686. The Morgan fingerprint density at radius 1 is 1.13 bits per heavy atom. The average Bonchev–Trinajstić information content (AvgIpc) is 3.12. The van der Waals surface area contributed by atoms with Crippen molar-refractivity contribution in [2.24, 2.45) is 0 Å². The zero-order valence-electron chi connectivity index (χ0n) is 18.8. The fraction of sp³-hybridized carbons (Fsp3) is 0.462. The Balaban J connectivity index is 0.000000994. The quantitative estimate of drug-likeness (QED) is 0.558. The Kier molecular flexibility index (Phi) is 4.61. The fourth-order valence-electron chi connectivity index (χ4n) is 6.58. The molecule has 1 aromatic heterocycles. The molecular weight excluding hydrogens is 388 g/mol. The van der Waals surface area contributed by atoms with Crippen molar-refractivity contribution in [3.8, 4) is 11.5 Å². The molecular formula is C26H32N2O3. The van der Waals surface area contributed by atoms with Gasteiger partial charge in [-0.2, -0.15) is 0 Å². The summed E-state index contributed by atoms with van der Waals surface area (Å²) in [7, 11) is 3.70. The van der Waals surface area contributed by atoms with E-state index in [-0.39, 0.29) is 11.8 Å². The molecule has 2 aromatic carbocycles. The number of aliphatic hydroxyl groups is 1. The summed E-state index contributed by atoms with van der Waals surface area (Å²) >= 11 is 0. The molecule has 3 aliphatic rings. The molecule has 0 spiro atoms. The van der Waals surface area contributed by atoms with E-state index in [1.807, 2.05) is 26.0 Å². The zero-order valence-corrected chi connectivity index (χ0v) is 18.8. The number of hydrogen-bond acceptors (Lipinski definition) is 4. The van der Waals surface area contributed by atoms with Crippen LogP contribution in [0.25, 0.3) is 10.9 Å². The second-order valence-corrected chi connectivity index (χ2v) is 9.09. The number of aromatic hydroxyl groups is 1. The van der Waals surface area contributed by atoms with Gasteiger partial charge in [-0.15, -0.1) is 0 Å². The number of ether oxygens (including phenoxy) is 1. The summed E-state index contributed by atoms with van der Waals surface area (Å²) in [6, 6.07) is 12.3. The van der Waals surface area contributed by atoms with E-state index < -0.39 is 11.0 Å². The van der Waals surface area contributed by atoms with Crippen LogP contribution in [-0.4, -0.2) is 52.4 Å². The summed E-state index contributed by atoms with van der Waals surface area (Å²) < 4.78 is 5.45. The van der Waals surface area contributed by atoms with Gasteiger partial charge in [0.05, 0.1) is 12.7 Å². The Morgan fingerprint density at radius 2 is 1.90 bits per heavy atom. The lowest BCUT2D eigenvalue weighted by Crippen LogP contribution is -2.73. The highest BCUT2D eigenvalue weighted by Crippen LogP contribution is 2.60. The molecule has 3 N–H and O–H groups in total. The number of H-pyrrole nitrogens is 1. The van der Waals surface area contributed by atoms with Crippen LogP contribution >= 0.6 is 0 Å². The summed E-state index contributed by atoms with van der Waals surface area (Å²) in [5.41, 5.74) is 4.10. The number of phenols is 1. The molecule has 1 aliphatic heterocycles. The van der Waals surface area contributed by atoms with Gasteiger partial charge in [0.15, 0.2) is 11.5 Å². The average molecular weight is 421 g/mol. The second-order valence-electron chi connectivity index (χ2n) is 9.09. The van der Waals surface area contributed by atoms with E-state index in [1.165, 1.54) is 16.6 Å². The van der Waals surface area contributed by atoms with Gasteiger partial charge in [0.2, 0.25) is 0 Å². The zero-order chi connectivity index (χ0) is 22.0. The first kappa shape index (κ1) is 20.4. The van der Waals surface area contributed by atoms with Gasteiger partial charge < -0.3 is 24.8 Å². The van der Waals surface area contributed by atoms with E-state index in [2.05, 4.69) is 41.2 Å². The molecule has 2 heterocycles. The number of methoxy groups -OCH3 is 1. The number of benzene rings is 2. The topological polar surface area (TPSA) is 68.7 Å². The SMILES string of the molecule is CC.COc1ccc2c(c1O)C13CCN(C)C(C2)C1(O)Cc1c([nH]c2ccccc12)C3. The molecule has 3 atom stereocenters. The van der Waals surface area contributed by atoms with Gasteiger partial charge in [0.25, 0.3) is 0 Å². The van der Waals surface area contributed by atoms with Crippen molar-refractivity contribution >= 4 is 10.9 Å². The van der Waals surface area contributed by atoms with Crippen molar-refractivity contribution in [3.63, 3.8) is 0 Å². The first-order valence-electron chi connectivity index (χ1n) is 11.4. The van der Waals surface area contributed by atoms with E-state index in [0.717, 1.165) is 36.0 Å². The first-order valence-corrected chi connectivity index (χ1v) is 11.4. The molecule has 6 rings (SSSR count). The number of hydrogen-bond donors (Lipinski definition) is 3. The van der Waals surface area contributed by atoms with Crippen molar-refractivity contribution in [2.45, 2.75) is 56.6 Å². The third-order valence-corrected chi connectivity index (χ3v) is 7.97. The maximum atomic E-state index is 12.4. The number of fused-ring (bicyclic) bond motifs is 4. The van der Waals surface area contributed by atoms with E-state index in [4.69, 9.17) is 4.74 Å². The predicted octanol–water partition coefficient (Wildman–Crippen LogP) is 3.94. The van der Waals surface area contributed by atoms with E-state index in [9.17, 15) is 10.2 Å². The van der Waals surface area contributed by atoms with Crippen LogP contribution < -0.4 is 4.74 Å². The number of nitrogens with zero attached hydrogens (tertiary/aromatic N) is 1. The van der Waals surface area contributed by atoms with Crippen LogP contribution in [0, 0.1) is 0 Å². The van der Waals surface area contributed by atoms with Crippen molar-refractivity contribution in [2.75, 3.05) is 20.7 Å². The Bertz CT molecular complexity index is 1150. The number of rotatable bonds is 1. The van der Waals surface area contributed by atoms with E-state index in [0.29, 0.717) is 18.6 Å². The van der Waals surface area contributed by atoms with Crippen LogP contribution in [-0.2, 0) is 24.7 Å². The molecule has 1 fully saturated rings. The normalized spacial score (nSPS) is 28.7. The van der Waals surface area contributed by atoms with E-state index in [1.54, 1.807) is 7.11 Å². The molecule has 3 unspecified atom stereocenters. The van der Waals surface area contributed by atoms with Gasteiger partial charge in [-0.05, 0) is 49.7 Å². The molecule has 3 aromatic rings. The van der Waals surface area contributed by atoms with Crippen LogP contribution in [0.3, 0.4) is 0 Å². The molecule has 1 saturated heterocycles. The summed E-state index contributed by atoms with van der Waals surface area (Å²) in [6.07, 6.45) is 2.83. The van der Waals surface area contributed by atoms with Crippen LogP contribution in [0.1, 0.15) is 42.7 Å². The van der Waals surface area contributed by atoms with Crippen molar-refractivity contribution < 1.29 is 14.9 Å². The molecule has 0 amide bonds. The smallest absolute Gasteiger partial charge is 0.161 e. The van der Waals surface area contributed by atoms with Crippen molar-refractivity contribution in [3.05, 3.63) is 58.8 Å². The maximum absolute atomic E-state index is 12.4. The minimum atomic E-state index is -0.936. The lowest BCUT2D eigenvalue weighted by molar-refractivity contribution is -0.145. The van der Waals surface area contributed by atoms with Crippen LogP contribution in [0.4, 0.5) is 0 Å². The summed E-state index contributed by atoms with van der Waals surface area (Å²) in [5, 5.41) is 24.8. The third-order valence-electron chi connectivity index (χ3n) is 7.97. The summed E-state index contributed by atoms with van der Waals surface area (Å²) in [4.78, 5) is 5.92. The molecule has 2 aliphatic carbocycles. The largest absolute Gasteiger partial charge is 0.504 e. The van der Waals surface area contributed by atoms with Gasteiger partial charge in [-0.1, -0.05) is 38.1 Å². The molecule has 164 valence electrons. The number of aromatic nitrogens is 1. The van der Waals surface area contributed by atoms with Crippen molar-refractivity contribution in [1.82, 2.24) is 9.88 Å². The number of likely N-dealkylation sites (tertiary alicyclic amines) is 1. The van der Waals surface area contributed by atoms with Gasteiger partial charge in [-0.25, -0.2) is 0 Å². The number of nitrogens with one attached hydrogen (secondary N) is 1. The first-order chi connectivity index (χ1) is 15.0. The number of phenolic OH excluding ortho intramolecular Hbond substituents is 1. The second kappa shape index (κ2) is 7.01. The van der Waals surface area contributed by atoms with Gasteiger partial charge in [0, 0.05) is 46.5 Å². The molecule has 0 radical (unpaired) electrons. The molecule has 31 heavy (non-hydrogen) atoms. The van der Waals surface area contributed by atoms with Gasteiger partial charge in [0.1, 0.15) is 0 Å². The molecule has 0 saturated carbocycles. The lowest BCUT2D eigenvalue weighted by atomic mass is 9.49. The summed E-state index contributed by atoms with van der Waals surface area (Å²) in [6.45, 7) is 4.90. The third kappa shape index (κ3) is 2.50. The molecule has 2 bridgehead atoms. The number of para-hydroxylation sites is 1. The van der Waals surface area contributed by atoms with Gasteiger partial charge >= 0.3 is 0 Å². The lowest BCUT2D eigenvalue weighted by Gasteiger charge is -2.63. The fourth-order valence-corrected chi connectivity index (χ4v) is 6.58. The highest BCUT2D eigenvalue weighted by Gasteiger charge is 2.65. The number of likely N-dealkylation sites (N-methyl/N-ethyl adjacent to an activating group) is 1. The highest BCUT2D eigenvalue weighted by atomic mass is 16.5. The van der Waals surface area contributed by atoms with Crippen molar-refractivity contribution in [1.29, 1.82) is 0 Å². The maximum Gasteiger partial charge on any atom is 0.161 e. The Hall–Kier alpha value is -2.50. The minimum Gasteiger partial charge on any atom is -0.504 e. The highest BCUT2D eigenvalue weighted by molar-refractivity contribution is 5.85. The van der Waals surface area contributed by atoms with Crippen LogP contribution in [0.2, 0.25) is 0 Å². The van der Waals surface area contributed by atoms with Crippen LogP contribution in [0.15, 0.2) is 36.4 Å². The Morgan fingerprint density at radius 3 is 2.68 bits per heavy atom. The minimum absolute atomic E-state index is 0.0263. The number of piperidine rings is 1.